The van der Waals surface area contributed by atoms with Crippen LogP contribution in [0.1, 0.15) is 29.2 Å². The predicted octanol–water partition coefficient (Wildman–Crippen LogP) is 5.05. The summed E-state index contributed by atoms with van der Waals surface area (Å²) in [5.41, 5.74) is 6.62. The van der Waals surface area contributed by atoms with Crippen molar-refractivity contribution < 1.29 is 0 Å². The van der Waals surface area contributed by atoms with Crippen LogP contribution in [0.15, 0.2) is 78.9 Å². The molecule has 3 aromatic rings. The number of benzene rings is 3. The molecule has 0 aliphatic carbocycles. The molecule has 1 unspecified atom stereocenters. The molecule has 0 spiro atoms. The summed E-state index contributed by atoms with van der Waals surface area (Å²) in [5, 5.41) is 3.53. The Morgan fingerprint density at radius 1 is 0.704 bits per heavy atom. The van der Waals surface area contributed by atoms with Crippen molar-refractivity contribution in [3.05, 3.63) is 95.6 Å². The van der Waals surface area contributed by atoms with E-state index in [1.54, 1.807) is 0 Å². The first-order valence-electron chi connectivity index (χ1n) is 9.98. The summed E-state index contributed by atoms with van der Waals surface area (Å²) >= 11 is 0. The summed E-state index contributed by atoms with van der Waals surface area (Å²) in [6.07, 6.45) is 1.20. The lowest BCUT2D eigenvalue weighted by Gasteiger charge is -2.31. The number of aryl methyl sites for hydroxylation is 1. The van der Waals surface area contributed by atoms with Crippen molar-refractivity contribution in [2.24, 2.45) is 0 Å². The Morgan fingerprint density at radius 3 is 2.04 bits per heavy atom. The Kier molecular flexibility index (Phi) is 5.66. The SMILES string of the molecule is Cc1ccc(C(c2ccc(-c3ccccc3)cc2)N2CCCNCC2)cc1. The lowest BCUT2D eigenvalue weighted by molar-refractivity contribution is 0.241. The zero-order valence-corrected chi connectivity index (χ0v) is 16.1. The fraction of sp³-hybridized carbons (Fsp3) is 0.280. The van der Waals surface area contributed by atoms with Crippen LogP contribution in [0.5, 0.6) is 0 Å². The van der Waals surface area contributed by atoms with Gasteiger partial charge >= 0.3 is 0 Å². The van der Waals surface area contributed by atoms with E-state index in [9.17, 15) is 0 Å². The lowest BCUT2D eigenvalue weighted by Crippen LogP contribution is -2.33. The number of nitrogens with one attached hydrogen (secondary N) is 1. The Hall–Kier alpha value is -2.42. The maximum Gasteiger partial charge on any atom is 0.0602 e. The van der Waals surface area contributed by atoms with Gasteiger partial charge in [-0.15, -0.1) is 0 Å². The predicted molar refractivity (Wildman–Crippen MR) is 114 cm³/mol. The van der Waals surface area contributed by atoms with Gasteiger partial charge in [0.1, 0.15) is 0 Å². The second-order valence-electron chi connectivity index (χ2n) is 7.44. The highest BCUT2D eigenvalue weighted by Crippen LogP contribution is 2.31. The molecule has 0 amide bonds. The van der Waals surface area contributed by atoms with Crippen molar-refractivity contribution in [1.29, 1.82) is 0 Å². The van der Waals surface area contributed by atoms with E-state index in [0.717, 1.165) is 26.2 Å². The van der Waals surface area contributed by atoms with Crippen LogP contribution >= 0.6 is 0 Å². The third-order valence-corrected chi connectivity index (χ3v) is 5.47. The molecule has 3 aromatic carbocycles. The van der Waals surface area contributed by atoms with Crippen LogP contribution in [0.4, 0.5) is 0 Å². The van der Waals surface area contributed by atoms with Crippen molar-refractivity contribution >= 4 is 0 Å². The van der Waals surface area contributed by atoms with Gasteiger partial charge in [0.05, 0.1) is 6.04 Å². The van der Waals surface area contributed by atoms with Gasteiger partial charge in [0.25, 0.3) is 0 Å². The zero-order chi connectivity index (χ0) is 18.5. The van der Waals surface area contributed by atoms with Crippen LogP contribution in [0.25, 0.3) is 11.1 Å². The van der Waals surface area contributed by atoms with Gasteiger partial charge in [-0.2, -0.15) is 0 Å². The molecule has 1 aliphatic heterocycles. The molecule has 0 radical (unpaired) electrons. The van der Waals surface area contributed by atoms with E-state index in [-0.39, 0.29) is 0 Å². The molecule has 2 heteroatoms. The van der Waals surface area contributed by atoms with Crippen molar-refractivity contribution in [3.63, 3.8) is 0 Å². The van der Waals surface area contributed by atoms with Gasteiger partial charge in [0.15, 0.2) is 0 Å². The van der Waals surface area contributed by atoms with Crippen LogP contribution in [-0.4, -0.2) is 31.1 Å². The molecule has 0 bridgehead atoms. The molecule has 1 heterocycles. The van der Waals surface area contributed by atoms with Gasteiger partial charge in [-0.3, -0.25) is 4.90 Å². The number of hydrogen-bond acceptors (Lipinski definition) is 2. The molecule has 138 valence electrons. The van der Waals surface area contributed by atoms with E-state index in [0.29, 0.717) is 6.04 Å². The smallest absolute Gasteiger partial charge is 0.0602 e. The quantitative estimate of drug-likeness (QED) is 0.704. The van der Waals surface area contributed by atoms with E-state index >= 15 is 0 Å². The van der Waals surface area contributed by atoms with Crippen LogP contribution in [0.3, 0.4) is 0 Å². The van der Waals surface area contributed by atoms with Gasteiger partial charge in [0, 0.05) is 19.6 Å². The highest BCUT2D eigenvalue weighted by Gasteiger charge is 2.23. The van der Waals surface area contributed by atoms with E-state index < -0.39 is 0 Å². The second-order valence-corrected chi connectivity index (χ2v) is 7.44. The van der Waals surface area contributed by atoms with Gasteiger partial charge in [-0.05, 0) is 42.1 Å². The molecule has 4 rings (SSSR count). The fourth-order valence-electron chi connectivity index (χ4n) is 3.98. The van der Waals surface area contributed by atoms with Gasteiger partial charge in [-0.25, -0.2) is 0 Å². The van der Waals surface area contributed by atoms with Gasteiger partial charge < -0.3 is 5.32 Å². The molecule has 1 saturated heterocycles. The molecule has 0 saturated carbocycles. The van der Waals surface area contributed by atoms with Crippen molar-refractivity contribution in [3.8, 4) is 11.1 Å². The third-order valence-electron chi connectivity index (χ3n) is 5.47. The monoisotopic (exact) mass is 356 g/mol. The molecular weight excluding hydrogens is 328 g/mol. The second kappa shape index (κ2) is 8.51. The van der Waals surface area contributed by atoms with Crippen molar-refractivity contribution in [2.45, 2.75) is 19.4 Å². The molecule has 1 atom stereocenters. The molecule has 1 aliphatic rings. The fourth-order valence-corrected chi connectivity index (χ4v) is 3.98. The van der Waals surface area contributed by atoms with E-state index in [1.165, 1.54) is 34.2 Å². The summed E-state index contributed by atoms with van der Waals surface area (Å²) < 4.78 is 0. The Labute approximate surface area is 162 Å². The molecular formula is C25H28N2. The lowest BCUT2D eigenvalue weighted by atomic mass is 9.94. The standard InChI is InChI=1S/C25H28N2/c1-20-8-10-23(11-9-20)25(27-18-5-16-26-17-19-27)24-14-12-22(13-15-24)21-6-3-2-4-7-21/h2-4,6-15,25-26H,5,16-19H2,1H3. The van der Waals surface area contributed by atoms with Crippen LogP contribution in [0.2, 0.25) is 0 Å². The van der Waals surface area contributed by atoms with Crippen LogP contribution in [-0.2, 0) is 0 Å². The largest absolute Gasteiger partial charge is 0.315 e. The maximum absolute atomic E-state index is 3.53. The third kappa shape index (κ3) is 4.29. The maximum atomic E-state index is 3.53. The summed E-state index contributed by atoms with van der Waals surface area (Å²) in [6.45, 7) is 6.54. The molecule has 0 aromatic heterocycles. The van der Waals surface area contributed by atoms with E-state index in [4.69, 9.17) is 0 Å². The molecule has 2 nitrogen and oxygen atoms in total. The summed E-state index contributed by atoms with van der Waals surface area (Å²) in [7, 11) is 0. The van der Waals surface area contributed by atoms with Crippen LogP contribution in [0, 0.1) is 6.92 Å². The van der Waals surface area contributed by atoms with Gasteiger partial charge in [-0.1, -0.05) is 84.4 Å². The number of nitrogens with zero attached hydrogens (tertiary/aromatic N) is 1. The zero-order valence-electron chi connectivity index (χ0n) is 16.1. The summed E-state index contributed by atoms with van der Waals surface area (Å²) in [6, 6.07) is 29.1. The minimum Gasteiger partial charge on any atom is -0.315 e. The Morgan fingerprint density at radius 2 is 1.33 bits per heavy atom. The average Bonchev–Trinajstić information content (AvgIpc) is 3.00. The summed E-state index contributed by atoms with van der Waals surface area (Å²) in [4.78, 5) is 2.63. The minimum absolute atomic E-state index is 0.315. The number of hydrogen-bond donors (Lipinski definition) is 1. The first-order valence-corrected chi connectivity index (χ1v) is 9.98. The average molecular weight is 357 g/mol. The highest BCUT2D eigenvalue weighted by molar-refractivity contribution is 5.63. The Balaban J connectivity index is 1.68. The topological polar surface area (TPSA) is 15.3 Å². The molecule has 1 fully saturated rings. The van der Waals surface area contributed by atoms with Crippen molar-refractivity contribution in [2.75, 3.05) is 26.2 Å². The highest BCUT2D eigenvalue weighted by atomic mass is 15.2. The first-order chi connectivity index (χ1) is 13.3. The minimum atomic E-state index is 0.315. The van der Waals surface area contributed by atoms with Gasteiger partial charge in [0.2, 0.25) is 0 Å². The summed E-state index contributed by atoms with van der Waals surface area (Å²) in [5.74, 6) is 0. The molecule has 1 N–H and O–H groups in total. The number of rotatable bonds is 4. The Bertz CT molecular complexity index is 830. The molecule has 27 heavy (non-hydrogen) atoms. The first kappa shape index (κ1) is 18.0. The van der Waals surface area contributed by atoms with Crippen molar-refractivity contribution in [1.82, 2.24) is 10.2 Å². The normalized spacial score (nSPS) is 16.6. The van der Waals surface area contributed by atoms with E-state index in [2.05, 4.69) is 96.0 Å². The van der Waals surface area contributed by atoms with Crippen LogP contribution < -0.4 is 5.32 Å². The van der Waals surface area contributed by atoms with E-state index in [1.807, 2.05) is 0 Å².